The third-order valence-electron chi connectivity index (χ3n) is 2.25. The summed E-state index contributed by atoms with van der Waals surface area (Å²) in [5.41, 5.74) is 1.13. The summed E-state index contributed by atoms with van der Waals surface area (Å²) in [5, 5.41) is 3.34. The summed E-state index contributed by atoms with van der Waals surface area (Å²) in [6.07, 6.45) is 1.72. The molecule has 0 aliphatic rings. The Morgan fingerprint density at radius 3 is 2.81 bits per heavy atom. The van der Waals surface area contributed by atoms with Crippen molar-refractivity contribution in [3.8, 4) is 10.4 Å². The summed E-state index contributed by atoms with van der Waals surface area (Å²) < 4.78 is 6.28. The Kier molecular flexibility index (Phi) is 3.69. The van der Waals surface area contributed by atoms with Gasteiger partial charge in [0.25, 0.3) is 0 Å². The van der Waals surface area contributed by atoms with Crippen molar-refractivity contribution in [3.63, 3.8) is 0 Å². The minimum absolute atomic E-state index is 0.449. The first-order valence-corrected chi connectivity index (χ1v) is 6.41. The molecule has 2 aromatic rings. The molecule has 0 atom stereocenters. The number of hydrogen-bond acceptors (Lipinski definition) is 3. The molecule has 2 rings (SSSR count). The van der Waals surface area contributed by atoms with Gasteiger partial charge in [-0.3, -0.25) is 0 Å². The van der Waals surface area contributed by atoms with Gasteiger partial charge in [0, 0.05) is 16.5 Å². The molecule has 0 saturated heterocycles. The Morgan fingerprint density at radius 2 is 2.19 bits per heavy atom. The van der Waals surface area contributed by atoms with Crippen LogP contribution in [0.25, 0.3) is 10.4 Å². The summed E-state index contributed by atoms with van der Waals surface area (Å²) >= 11 is 7.50. The fourth-order valence-corrected chi connectivity index (χ4v) is 2.54. The lowest BCUT2D eigenvalue weighted by Crippen LogP contribution is -2.21. The van der Waals surface area contributed by atoms with E-state index in [1.54, 1.807) is 17.6 Å². The van der Waals surface area contributed by atoms with Crippen LogP contribution in [0.1, 0.15) is 19.6 Å². The van der Waals surface area contributed by atoms with Crippen LogP contribution in [0.5, 0.6) is 0 Å². The molecule has 2 aromatic heterocycles. The van der Waals surface area contributed by atoms with Gasteiger partial charge < -0.3 is 9.73 Å². The zero-order valence-electron chi connectivity index (χ0n) is 9.29. The highest BCUT2D eigenvalue weighted by Crippen LogP contribution is 2.33. The minimum atomic E-state index is 0.449. The molecule has 2 nitrogen and oxygen atoms in total. The van der Waals surface area contributed by atoms with Gasteiger partial charge in [-0.15, -0.1) is 11.3 Å². The molecule has 1 N–H and O–H groups in total. The van der Waals surface area contributed by atoms with E-state index >= 15 is 0 Å². The van der Waals surface area contributed by atoms with Crippen LogP contribution >= 0.6 is 22.9 Å². The average molecular weight is 256 g/mol. The molecule has 0 aliphatic heterocycles. The monoisotopic (exact) mass is 255 g/mol. The third kappa shape index (κ3) is 2.67. The number of thiophene rings is 1. The summed E-state index contributed by atoms with van der Waals surface area (Å²) in [6, 6.07) is 6.37. The predicted octanol–water partition coefficient (Wildman–Crippen LogP) is 4.16. The van der Waals surface area contributed by atoms with Gasteiger partial charge in [-0.25, -0.2) is 0 Å². The van der Waals surface area contributed by atoms with E-state index < -0.39 is 0 Å². The molecule has 0 spiro atoms. The third-order valence-corrected chi connectivity index (χ3v) is 3.52. The van der Waals surface area contributed by atoms with Crippen molar-refractivity contribution >= 4 is 22.9 Å². The topological polar surface area (TPSA) is 25.2 Å². The summed E-state index contributed by atoms with van der Waals surface area (Å²) in [4.78, 5) is 1.15. The van der Waals surface area contributed by atoms with E-state index in [2.05, 4.69) is 19.2 Å². The van der Waals surface area contributed by atoms with Crippen molar-refractivity contribution in [1.29, 1.82) is 0 Å². The van der Waals surface area contributed by atoms with E-state index in [0.717, 1.165) is 27.1 Å². The van der Waals surface area contributed by atoms with Crippen LogP contribution in [0.3, 0.4) is 0 Å². The van der Waals surface area contributed by atoms with Crippen molar-refractivity contribution in [1.82, 2.24) is 5.32 Å². The van der Waals surface area contributed by atoms with Gasteiger partial charge >= 0.3 is 0 Å². The lowest BCUT2D eigenvalue weighted by atomic mass is 10.2. The highest BCUT2D eigenvalue weighted by atomic mass is 35.5. The lowest BCUT2D eigenvalue weighted by Gasteiger charge is -2.06. The molecule has 2 heterocycles. The zero-order valence-corrected chi connectivity index (χ0v) is 10.9. The Hall–Kier alpha value is -0.770. The first kappa shape index (κ1) is 11.7. The molecule has 0 aliphatic carbocycles. The average Bonchev–Trinajstić information content (AvgIpc) is 2.82. The second-order valence-corrected chi connectivity index (χ2v) is 5.61. The molecule has 0 amide bonds. The van der Waals surface area contributed by atoms with Crippen molar-refractivity contribution in [3.05, 3.63) is 34.6 Å². The molecule has 0 saturated carbocycles. The van der Waals surface area contributed by atoms with Crippen molar-refractivity contribution < 1.29 is 4.42 Å². The Morgan fingerprint density at radius 1 is 1.38 bits per heavy atom. The van der Waals surface area contributed by atoms with Gasteiger partial charge in [0.2, 0.25) is 0 Å². The van der Waals surface area contributed by atoms with E-state index in [9.17, 15) is 0 Å². The number of nitrogens with one attached hydrogen (secondary N) is 1. The first-order chi connectivity index (χ1) is 7.66. The SMILES string of the molecule is CC(C)NCc1occc1-c1ccc(Cl)s1. The summed E-state index contributed by atoms with van der Waals surface area (Å²) in [5.74, 6) is 0.965. The maximum Gasteiger partial charge on any atom is 0.126 e. The van der Waals surface area contributed by atoms with Crippen LogP contribution in [0.4, 0.5) is 0 Å². The van der Waals surface area contributed by atoms with Crippen LogP contribution in [0, 0.1) is 0 Å². The van der Waals surface area contributed by atoms with E-state index in [1.165, 1.54) is 0 Å². The highest BCUT2D eigenvalue weighted by Gasteiger charge is 2.10. The van der Waals surface area contributed by atoms with Crippen molar-refractivity contribution in [2.75, 3.05) is 0 Å². The molecule has 86 valence electrons. The second-order valence-electron chi connectivity index (χ2n) is 3.90. The van der Waals surface area contributed by atoms with Gasteiger partial charge in [0.15, 0.2) is 0 Å². The maximum absolute atomic E-state index is 5.93. The largest absolute Gasteiger partial charge is 0.467 e. The van der Waals surface area contributed by atoms with E-state index in [0.29, 0.717) is 6.04 Å². The molecule has 0 bridgehead atoms. The Labute approximate surface area is 104 Å². The number of furan rings is 1. The lowest BCUT2D eigenvalue weighted by molar-refractivity contribution is 0.466. The fraction of sp³-hybridized carbons (Fsp3) is 0.333. The van der Waals surface area contributed by atoms with Crippen LogP contribution in [-0.4, -0.2) is 6.04 Å². The first-order valence-electron chi connectivity index (χ1n) is 5.22. The predicted molar refractivity (Wildman–Crippen MR) is 69.0 cm³/mol. The van der Waals surface area contributed by atoms with Gasteiger partial charge in [0.1, 0.15) is 5.76 Å². The van der Waals surface area contributed by atoms with Crippen LogP contribution in [-0.2, 0) is 6.54 Å². The van der Waals surface area contributed by atoms with Gasteiger partial charge in [-0.2, -0.15) is 0 Å². The molecular weight excluding hydrogens is 242 g/mol. The number of rotatable bonds is 4. The van der Waals surface area contributed by atoms with Crippen molar-refractivity contribution in [2.45, 2.75) is 26.4 Å². The molecule has 16 heavy (non-hydrogen) atoms. The molecule has 0 fully saturated rings. The summed E-state index contributed by atoms with van der Waals surface area (Å²) in [6.45, 7) is 4.98. The van der Waals surface area contributed by atoms with Crippen LogP contribution in [0.15, 0.2) is 28.9 Å². The number of halogens is 1. The van der Waals surface area contributed by atoms with Crippen LogP contribution < -0.4 is 5.32 Å². The van der Waals surface area contributed by atoms with Crippen molar-refractivity contribution in [2.24, 2.45) is 0 Å². The Balaban J connectivity index is 2.19. The van der Waals surface area contributed by atoms with Gasteiger partial charge in [0.05, 0.1) is 17.1 Å². The van der Waals surface area contributed by atoms with E-state index in [1.807, 2.05) is 18.2 Å². The second kappa shape index (κ2) is 5.04. The standard InChI is InChI=1S/C12H14ClNOS/c1-8(2)14-7-10-9(5-6-15-10)11-3-4-12(13)16-11/h3-6,8,14H,7H2,1-2H3. The molecular formula is C12H14ClNOS. The normalized spacial score (nSPS) is 11.2. The molecule has 0 aromatic carbocycles. The minimum Gasteiger partial charge on any atom is -0.467 e. The summed E-state index contributed by atoms with van der Waals surface area (Å²) in [7, 11) is 0. The van der Waals surface area contributed by atoms with Crippen LogP contribution in [0.2, 0.25) is 4.34 Å². The molecule has 0 unspecified atom stereocenters. The Bertz CT molecular complexity index is 461. The number of hydrogen-bond donors (Lipinski definition) is 1. The van der Waals surface area contributed by atoms with Gasteiger partial charge in [-0.05, 0) is 18.2 Å². The molecule has 0 radical (unpaired) electrons. The van der Waals surface area contributed by atoms with Gasteiger partial charge in [-0.1, -0.05) is 25.4 Å². The van der Waals surface area contributed by atoms with E-state index in [4.69, 9.17) is 16.0 Å². The quantitative estimate of drug-likeness (QED) is 0.888. The van der Waals surface area contributed by atoms with E-state index in [-0.39, 0.29) is 0 Å². The smallest absolute Gasteiger partial charge is 0.126 e. The highest BCUT2D eigenvalue weighted by molar-refractivity contribution is 7.19. The zero-order chi connectivity index (χ0) is 11.5. The molecule has 4 heteroatoms. The maximum atomic E-state index is 5.93. The fourth-order valence-electron chi connectivity index (χ4n) is 1.45.